The number of carbonyl (C=O) groups excluding carboxylic acids is 3. The van der Waals surface area contributed by atoms with Crippen LogP contribution in [-0.4, -0.2) is 35.8 Å². The summed E-state index contributed by atoms with van der Waals surface area (Å²) in [4.78, 5) is 37.9. The Morgan fingerprint density at radius 1 is 1.06 bits per heavy atom. The van der Waals surface area contributed by atoms with Crippen LogP contribution in [0.2, 0.25) is 10.0 Å². The Kier molecular flexibility index (Phi) is 8.06. The molecule has 0 spiro atoms. The summed E-state index contributed by atoms with van der Waals surface area (Å²) in [6.45, 7) is 1.76. The van der Waals surface area contributed by atoms with Gasteiger partial charge >= 0.3 is 5.91 Å². The molecule has 0 saturated carbocycles. The van der Waals surface area contributed by atoms with Gasteiger partial charge in [-0.1, -0.05) is 41.4 Å². The number of hydrogen-bond acceptors (Lipinski definition) is 5. The molecule has 3 aromatic rings. The Balaban J connectivity index is 1.67. The SMILES string of the molecule is CSCCC(NC(=O)c1ccc(Cl)cc1Cl)C(=O)NNC(=O)c1oc2ccccc2c1C. The number of carbonyl (C=O) groups is 3. The Bertz CT molecular complexity index is 1170. The molecule has 1 aromatic heterocycles. The van der Waals surface area contributed by atoms with Crippen LogP contribution in [-0.2, 0) is 4.79 Å². The zero-order valence-corrected chi connectivity index (χ0v) is 19.7. The van der Waals surface area contributed by atoms with Gasteiger partial charge < -0.3 is 9.73 Å². The number of furan rings is 1. The number of aryl methyl sites for hydroxylation is 1. The van der Waals surface area contributed by atoms with E-state index in [0.717, 1.165) is 5.39 Å². The second-order valence-corrected chi connectivity index (χ2v) is 8.76. The summed E-state index contributed by atoms with van der Waals surface area (Å²) < 4.78 is 5.60. The standard InChI is InChI=1S/C22H21Cl2N3O4S/c1-12-14-5-3-4-6-18(14)31-19(12)22(30)27-26-21(29)17(9-10-32-2)25-20(28)15-8-7-13(23)11-16(15)24/h3-8,11,17H,9-10H2,1-2H3,(H,25,28)(H,26,29)(H,27,30). The molecule has 0 fully saturated rings. The third kappa shape index (κ3) is 5.56. The number of hydrazine groups is 1. The minimum atomic E-state index is -0.890. The van der Waals surface area contributed by atoms with E-state index in [4.69, 9.17) is 27.6 Å². The van der Waals surface area contributed by atoms with Gasteiger partial charge in [0.15, 0.2) is 5.76 Å². The van der Waals surface area contributed by atoms with Crippen LogP contribution >= 0.6 is 35.0 Å². The van der Waals surface area contributed by atoms with Crippen molar-refractivity contribution in [3.8, 4) is 0 Å². The molecule has 0 bridgehead atoms. The van der Waals surface area contributed by atoms with Gasteiger partial charge in [-0.25, -0.2) is 0 Å². The van der Waals surface area contributed by atoms with E-state index in [1.165, 1.54) is 30.0 Å². The summed E-state index contributed by atoms with van der Waals surface area (Å²) in [6.07, 6.45) is 2.24. The highest BCUT2D eigenvalue weighted by Crippen LogP contribution is 2.24. The number of thioether (sulfide) groups is 1. The highest BCUT2D eigenvalue weighted by Gasteiger charge is 2.24. The van der Waals surface area contributed by atoms with E-state index in [9.17, 15) is 14.4 Å². The molecule has 0 aliphatic carbocycles. The number of nitrogens with one attached hydrogen (secondary N) is 3. The summed E-state index contributed by atoms with van der Waals surface area (Å²) in [5.41, 5.74) is 6.15. The summed E-state index contributed by atoms with van der Waals surface area (Å²) in [7, 11) is 0. The minimum Gasteiger partial charge on any atom is -0.451 e. The Morgan fingerprint density at radius 2 is 1.81 bits per heavy atom. The predicted molar refractivity (Wildman–Crippen MR) is 127 cm³/mol. The van der Waals surface area contributed by atoms with Crippen molar-refractivity contribution in [1.29, 1.82) is 0 Å². The number of benzene rings is 2. The average Bonchev–Trinajstić information content (AvgIpc) is 3.11. The monoisotopic (exact) mass is 493 g/mol. The lowest BCUT2D eigenvalue weighted by atomic mass is 10.1. The van der Waals surface area contributed by atoms with Gasteiger partial charge in [0, 0.05) is 16.0 Å². The van der Waals surface area contributed by atoms with E-state index in [0.29, 0.717) is 28.3 Å². The Labute approximate surface area is 199 Å². The minimum absolute atomic E-state index is 0.101. The molecule has 32 heavy (non-hydrogen) atoms. The summed E-state index contributed by atoms with van der Waals surface area (Å²) >= 11 is 13.5. The van der Waals surface area contributed by atoms with Crippen molar-refractivity contribution in [2.45, 2.75) is 19.4 Å². The molecule has 0 radical (unpaired) electrons. The zero-order valence-electron chi connectivity index (χ0n) is 17.3. The van der Waals surface area contributed by atoms with E-state index in [2.05, 4.69) is 16.2 Å². The second-order valence-electron chi connectivity index (χ2n) is 6.93. The molecule has 2 aromatic carbocycles. The van der Waals surface area contributed by atoms with Gasteiger partial charge in [0.25, 0.3) is 11.8 Å². The molecule has 0 aliphatic rings. The largest absolute Gasteiger partial charge is 0.451 e. The molecule has 0 saturated heterocycles. The first-order valence-electron chi connectivity index (χ1n) is 9.65. The van der Waals surface area contributed by atoms with Crippen molar-refractivity contribution >= 4 is 63.7 Å². The van der Waals surface area contributed by atoms with Crippen LogP contribution in [0.15, 0.2) is 46.9 Å². The Morgan fingerprint density at radius 3 is 2.50 bits per heavy atom. The molecule has 1 atom stereocenters. The van der Waals surface area contributed by atoms with Crippen LogP contribution in [0.1, 0.15) is 32.9 Å². The number of rotatable bonds is 7. The van der Waals surface area contributed by atoms with Crippen molar-refractivity contribution in [1.82, 2.24) is 16.2 Å². The highest BCUT2D eigenvalue weighted by atomic mass is 35.5. The molecule has 3 N–H and O–H groups in total. The lowest BCUT2D eigenvalue weighted by Gasteiger charge is -2.18. The van der Waals surface area contributed by atoms with Crippen LogP contribution < -0.4 is 16.2 Å². The maximum atomic E-state index is 12.7. The van der Waals surface area contributed by atoms with Gasteiger partial charge in [-0.15, -0.1) is 0 Å². The predicted octanol–water partition coefficient (Wildman–Crippen LogP) is 4.36. The molecule has 1 unspecified atom stereocenters. The van der Waals surface area contributed by atoms with E-state index >= 15 is 0 Å². The molecular weight excluding hydrogens is 473 g/mol. The van der Waals surface area contributed by atoms with Gasteiger partial charge in [-0.2, -0.15) is 11.8 Å². The van der Waals surface area contributed by atoms with Crippen molar-refractivity contribution < 1.29 is 18.8 Å². The van der Waals surface area contributed by atoms with Crippen molar-refractivity contribution in [3.63, 3.8) is 0 Å². The normalized spacial score (nSPS) is 11.8. The number of hydrogen-bond donors (Lipinski definition) is 3. The molecular formula is C22H21Cl2N3O4S. The maximum Gasteiger partial charge on any atom is 0.305 e. The molecule has 3 rings (SSSR count). The molecule has 10 heteroatoms. The van der Waals surface area contributed by atoms with Crippen molar-refractivity contribution in [2.75, 3.05) is 12.0 Å². The van der Waals surface area contributed by atoms with Crippen LogP contribution in [0, 0.1) is 6.92 Å². The molecule has 7 nitrogen and oxygen atoms in total. The van der Waals surface area contributed by atoms with Gasteiger partial charge in [0.05, 0.1) is 10.6 Å². The van der Waals surface area contributed by atoms with Gasteiger partial charge in [-0.05, 0) is 49.6 Å². The third-order valence-electron chi connectivity index (χ3n) is 4.76. The third-order valence-corrected chi connectivity index (χ3v) is 5.95. The smallest absolute Gasteiger partial charge is 0.305 e. The molecule has 3 amide bonds. The van der Waals surface area contributed by atoms with Gasteiger partial charge in [0.1, 0.15) is 11.6 Å². The average molecular weight is 494 g/mol. The molecule has 1 heterocycles. The molecule has 168 valence electrons. The lowest BCUT2D eigenvalue weighted by Crippen LogP contribution is -2.52. The van der Waals surface area contributed by atoms with Crippen LogP contribution in [0.3, 0.4) is 0 Å². The van der Waals surface area contributed by atoms with Gasteiger partial charge in [0.2, 0.25) is 0 Å². The summed E-state index contributed by atoms with van der Waals surface area (Å²) in [6, 6.07) is 10.8. The lowest BCUT2D eigenvalue weighted by molar-refractivity contribution is -0.123. The first kappa shape index (κ1) is 24.0. The van der Waals surface area contributed by atoms with E-state index < -0.39 is 23.8 Å². The fourth-order valence-electron chi connectivity index (χ4n) is 3.07. The van der Waals surface area contributed by atoms with Crippen LogP contribution in [0.4, 0.5) is 0 Å². The van der Waals surface area contributed by atoms with Gasteiger partial charge in [-0.3, -0.25) is 25.2 Å². The first-order chi connectivity index (χ1) is 15.3. The second kappa shape index (κ2) is 10.8. The number of halogens is 2. The summed E-state index contributed by atoms with van der Waals surface area (Å²) in [5.74, 6) is -0.970. The maximum absolute atomic E-state index is 12.7. The fraction of sp³-hybridized carbons (Fsp3) is 0.227. The van der Waals surface area contributed by atoms with E-state index in [-0.39, 0.29) is 16.3 Å². The number of para-hydroxylation sites is 1. The molecule has 0 aliphatic heterocycles. The van der Waals surface area contributed by atoms with E-state index in [1.54, 1.807) is 19.1 Å². The Hall–Kier alpha value is -2.68. The zero-order chi connectivity index (χ0) is 23.3. The van der Waals surface area contributed by atoms with Crippen molar-refractivity contribution in [2.24, 2.45) is 0 Å². The summed E-state index contributed by atoms with van der Waals surface area (Å²) in [5, 5.41) is 4.04. The quantitative estimate of drug-likeness (QED) is 0.424. The number of fused-ring (bicyclic) bond motifs is 1. The number of amides is 3. The highest BCUT2D eigenvalue weighted by molar-refractivity contribution is 7.98. The van der Waals surface area contributed by atoms with Crippen LogP contribution in [0.25, 0.3) is 11.0 Å². The van der Waals surface area contributed by atoms with Crippen molar-refractivity contribution in [3.05, 3.63) is 69.4 Å². The fourth-order valence-corrected chi connectivity index (χ4v) is 4.03. The first-order valence-corrected chi connectivity index (χ1v) is 11.8. The van der Waals surface area contributed by atoms with Crippen LogP contribution in [0.5, 0.6) is 0 Å². The van der Waals surface area contributed by atoms with E-state index in [1.807, 2.05) is 18.4 Å². The topological polar surface area (TPSA) is 100 Å².